The van der Waals surface area contributed by atoms with Gasteiger partial charge in [-0.3, -0.25) is 19.5 Å². The summed E-state index contributed by atoms with van der Waals surface area (Å²) in [7, 11) is 0. The average Bonchev–Trinajstić information content (AvgIpc) is 2.67. The first kappa shape index (κ1) is 20.6. The van der Waals surface area contributed by atoms with Gasteiger partial charge in [0.2, 0.25) is 5.91 Å². The van der Waals surface area contributed by atoms with Crippen LogP contribution in [0, 0.1) is 6.92 Å². The number of rotatable bonds is 3. The lowest BCUT2D eigenvalue weighted by Gasteiger charge is -2.47. The standard InChI is InChI=1S/C19H25F3N4O2/c1-13-15(11-14(12-24-13)19(20,21)22)16(27)25-7-9-26(10-8-25)18(17(23)28)5-3-2-4-6-18/h11-12H,2-10H2,1H3,(H2,23,28). The molecule has 0 unspecified atom stereocenters. The molecule has 2 aliphatic rings. The van der Waals surface area contributed by atoms with Gasteiger partial charge >= 0.3 is 6.18 Å². The van der Waals surface area contributed by atoms with Crippen LogP contribution < -0.4 is 5.73 Å². The number of aryl methyl sites for hydroxylation is 1. The molecule has 2 fully saturated rings. The number of primary amides is 1. The number of pyridine rings is 1. The van der Waals surface area contributed by atoms with Crippen LogP contribution in [0.4, 0.5) is 13.2 Å². The van der Waals surface area contributed by atoms with E-state index in [2.05, 4.69) is 9.88 Å². The molecule has 1 aliphatic carbocycles. The number of halogens is 3. The van der Waals surface area contributed by atoms with Gasteiger partial charge < -0.3 is 10.6 Å². The van der Waals surface area contributed by atoms with E-state index < -0.39 is 23.2 Å². The zero-order valence-electron chi connectivity index (χ0n) is 15.9. The molecule has 0 atom stereocenters. The summed E-state index contributed by atoms with van der Waals surface area (Å²) in [6.07, 6.45) is 0.580. The second-order valence-corrected chi connectivity index (χ2v) is 7.59. The van der Waals surface area contributed by atoms with Crippen molar-refractivity contribution in [2.24, 2.45) is 5.73 Å². The van der Waals surface area contributed by atoms with E-state index in [0.29, 0.717) is 39.0 Å². The van der Waals surface area contributed by atoms with Crippen LogP contribution in [0.5, 0.6) is 0 Å². The Morgan fingerprint density at radius 3 is 2.25 bits per heavy atom. The SMILES string of the molecule is Cc1ncc(C(F)(F)F)cc1C(=O)N1CCN(C2(C(N)=O)CCCCC2)CC1. The van der Waals surface area contributed by atoms with E-state index in [1.165, 1.54) is 11.8 Å². The van der Waals surface area contributed by atoms with Gasteiger partial charge in [0.25, 0.3) is 5.91 Å². The highest BCUT2D eigenvalue weighted by Gasteiger charge is 2.44. The van der Waals surface area contributed by atoms with Crippen LogP contribution >= 0.6 is 0 Å². The van der Waals surface area contributed by atoms with Crippen molar-refractivity contribution in [1.29, 1.82) is 0 Å². The highest BCUT2D eigenvalue weighted by molar-refractivity contribution is 5.95. The molecule has 1 aliphatic heterocycles. The van der Waals surface area contributed by atoms with Gasteiger partial charge in [-0.15, -0.1) is 0 Å². The molecule has 1 aromatic rings. The van der Waals surface area contributed by atoms with Crippen LogP contribution in [0.2, 0.25) is 0 Å². The first-order valence-electron chi connectivity index (χ1n) is 9.53. The summed E-state index contributed by atoms with van der Waals surface area (Å²) >= 11 is 0. The predicted molar refractivity (Wildman–Crippen MR) is 96.5 cm³/mol. The summed E-state index contributed by atoms with van der Waals surface area (Å²) in [5.74, 6) is -0.794. The summed E-state index contributed by atoms with van der Waals surface area (Å²) in [5, 5.41) is 0. The molecule has 6 nitrogen and oxygen atoms in total. The van der Waals surface area contributed by atoms with Crippen LogP contribution in [0.1, 0.15) is 53.7 Å². The van der Waals surface area contributed by atoms with Crippen molar-refractivity contribution < 1.29 is 22.8 Å². The molecule has 0 aromatic carbocycles. The number of nitrogens with two attached hydrogens (primary N) is 1. The molecule has 0 radical (unpaired) electrons. The second kappa shape index (κ2) is 7.69. The Balaban J connectivity index is 1.73. The molecule has 1 saturated carbocycles. The van der Waals surface area contributed by atoms with E-state index in [1.54, 1.807) is 0 Å². The topological polar surface area (TPSA) is 79.5 Å². The fraction of sp³-hybridized carbons (Fsp3) is 0.632. The van der Waals surface area contributed by atoms with Crippen LogP contribution in [-0.4, -0.2) is 58.3 Å². The van der Waals surface area contributed by atoms with Gasteiger partial charge in [0.1, 0.15) is 5.54 Å². The molecule has 9 heteroatoms. The highest BCUT2D eigenvalue weighted by Crippen LogP contribution is 2.34. The Bertz CT molecular complexity index is 752. The zero-order chi connectivity index (χ0) is 20.5. The van der Waals surface area contributed by atoms with Crippen LogP contribution in [0.3, 0.4) is 0 Å². The normalized spacial score (nSPS) is 20.8. The van der Waals surface area contributed by atoms with Gasteiger partial charge in [-0.1, -0.05) is 19.3 Å². The molecule has 0 spiro atoms. The van der Waals surface area contributed by atoms with Gasteiger partial charge in [0.15, 0.2) is 0 Å². The highest BCUT2D eigenvalue weighted by atomic mass is 19.4. The Kier molecular flexibility index (Phi) is 5.65. The van der Waals surface area contributed by atoms with Crippen molar-refractivity contribution in [3.63, 3.8) is 0 Å². The van der Waals surface area contributed by atoms with Gasteiger partial charge in [-0.25, -0.2) is 0 Å². The number of carbonyl (C=O) groups excluding carboxylic acids is 2. The lowest BCUT2D eigenvalue weighted by molar-refractivity contribution is -0.138. The van der Waals surface area contributed by atoms with E-state index in [1.807, 2.05) is 0 Å². The maximum Gasteiger partial charge on any atom is 0.417 e. The number of alkyl halides is 3. The van der Waals surface area contributed by atoms with Crippen molar-refractivity contribution in [1.82, 2.24) is 14.8 Å². The number of nitrogens with zero attached hydrogens (tertiary/aromatic N) is 3. The zero-order valence-corrected chi connectivity index (χ0v) is 15.9. The lowest BCUT2D eigenvalue weighted by Crippen LogP contribution is -2.63. The Labute approximate surface area is 161 Å². The molecule has 1 saturated heterocycles. The number of piperazine rings is 1. The number of hydrogen-bond donors (Lipinski definition) is 1. The van der Waals surface area contributed by atoms with Crippen molar-refractivity contribution in [2.75, 3.05) is 26.2 Å². The summed E-state index contributed by atoms with van der Waals surface area (Å²) in [6.45, 7) is 3.14. The van der Waals surface area contributed by atoms with Gasteiger partial charge in [-0.05, 0) is 25.8 Å². The summed E-state index contributed by atoms with van der Waals surface area (Å²) in [5.41, 5.74) is 4.35. The van der Waals surface area contributed by atoms with Crippen molar-refractivity contribution in [2.45, 2.75) is 50.7 Å². The average molecular weight is 398 g/mol. The molecule has 3 rings (SSSR count). The maximum absolute atomic E-state index is 13.0. The smallest absolute Gasteiger partial charge is 0.368 e. The summed E-state index contributed by atoms with van der Waals surface area (Å²) in [4.78, 5) is 32.3. The fourth-order valence-corrected chi connectivity index (χ4v) is 4.27. The Morgan fingerprint density at radius 2 is 1.71 bits per heavy atom. The van der Waals surface area contributed by atoms with E-state index in [0.717, 1.165) is 31.5 Å². The molecule has 0 bridgehead atoms. The number of hydrogen-bond acceptors (Lipinski definition) is 4. The van der Waals surface area contributed by atoms with Gasteiger partial charge in [-0.2, -0.15) is 13.2 Å². The van der Waals surface area contributed by atoms with Crippen LogP contribution in [-0.2, 0) is 11.0 Å². The minimum absolute atomic E-state index is 0.0365. The first-order chi connectivity index (χ1) is 13.1. The van der Waals surface area contributed by atoms with Crippen LogP contribution in [0.25, 0.3) is 0 Å². The molecular weight excluding hydrogens is 373 g/mol. The molecule has 2 amide bonds. The summed E-state index contributed by atoms with van der Waals surface area (Å²) < 4.78 is 38.9. The van der Waals surface area contributed by atoms with E-state index >= 15 is 0 Å². The molecule has 2 heterocycles. The Hall–Kier alpha value is -2.16. The minimum Gasteiger partial charge on any atom is -0.368 e. The van der Waals surface area contributed by atoms with Gasteiger partial charge in [0.05, 0.1) is 16.8 Å². The molecule has 1 aromatic heterocycles. The van der Waals surface area contributed by atoms with Gasteiger partial charge in [0, 0.05) is 32.4 Å². The molecule has 154 valence electrons. The van der Waals surface area contributed by atoms with E-state index in [9.17, 15) is 22.8 Å². The third-order valence-corrected chi connectivity index (χ3v) is 5.96. The largest absolute Gasteiger partial charge is 0.417 e. The quantitative estimate of drug-likeness (QED) is 0.848. The predicted octanol–water partition coefficient (Wildman–Crippen LogP) is 2.35. The lowest BCUT2D eigenvalue weighted by atomic mass is 9.79. The molecule has 2 N–H and O–H groups in total. The maximum atomic E-state index is 13.0. The van der Waals surface area contributed by atoms with Crippen molar-refractivity contribution >= 4 is 11.8 Å². The van der Waals surface area contributed by atoms with Crippen molar-refractivity contribution in [3.8, 4) is 0 Å². The monoisotopic (exact) mass is 398 g/mol. The molecular formula is C19H25F3N4O2. The minimum atomic E-state index is -4.55. The van der Waals surface area contributed by atoms with E-state index in [4.69, 9.17) is 5.73 Å². The van der Waals surface area contributed by atoms with Crippen LogP contribution in [0.15, 0.2) is 12.3 Å². The van der Waals surface area contributed by atoms with Crippen molar-refractivity contribution in [3.05, 3.63) is 29.1 Å². The number of aromatic nitrogens is 1. The fourth-order valence-electron chi connectivity index (χ4n) is 4.27. The summed E-state index contributed by atoms with van der Waals surface area (Å²) in [6, 6.07) is 0.864. The number of carbonyl (C=O) groups is 2. The second-order valence-electron chi connectivity index (χ2n) is 7.59. The number of amides is 2. The third-order valence-electron chi connectivity index (χ3n) is 5.96. The third kappa shape index (κ3) is 3.85. The van der Waals surface area contributed by atoms with E-state index in [-0.39, 0.29) is 17.2 Å². The Morgan fingerprint density at radius 1 is 1.11 bits per heavy atom. The molecule has 28 heavy (non-hydrogen) atoms. The first-order valence-corrected chi connectivity index (χ1v) is 9.53.